The smallest absolute Gasteiger partial charge is 0.292 e. The second-order valence-electron chi connectivity index (χ2n) is 5.11. The molecule has 7 nitrogen and oxygen atoms in total. The number of carbonyl (C=O) groups excluding carboxylic acids is 1. The predicted octanol–water partition coefficient (Wildman–Crippen LogP) is 0.953. The van der Waals surface area contributed by atoms with E-state index in [1.807, 2.05) is 7.05 Å². The van der Waals surface area contributed by atoms with Crippen molar-refractivity contribution in [3.05, 3.63) is 33.9 Å². The molecule has 2 rings (SSSR count). The summed E-state index contributed by atoms with van der Waals surface area (Å²) in [4.78, 5) is 26.5. The molecule has 1 amide bonds. The summed E-state index contributed by atoms with van der Waals surface area (Å²) in [7, 11) is 2.02. The van der Waals surface area contributed by atoms with Crippen molar-refractivity contribution in [3.63, 3.8) is 0 Å². The van der Waals surface area contributed by atoms with Crippen molar-refractivity contribution in [1.82, 2.24) is 9.80 Å². The van der Waals surface area contributed by atoms with Gasteiger partial charge in [-0.2, -0.15) is 0 Å². The third-order valence-corrected chi connectivity index (χ3v) is 3.72. The maximum Gasteiger partial charge on any atom is 0.292 e. The lowest BCUT2D eigenvalue weighted by atomic mass is 10.1. The molecular weight excluding hydrogens is 260 g/mol. The second kappa shape index (κ2) is 5.46. The van der Waals surface area contributed by atoms with E-state index < -0.39 is 4.92 Å². The highest BCUT2D eigenvalue weighted by atomic mass is 16.6. The monoisotopic (exact) mass is 278 g/mol. The van der Waals surface area contributed by atoms with Crippen LogP contribution in [0.4, 0.5) is 11.4 Å². The molecular formula is C13H18N4O3. The molecule has 0 saturated carbocycles. The van der Waals surface area contributed by atoms with Crippen LogP contribution in [0, 0.1) is 10.1 Å². The average molecular weight is 278 g/mol. The minimum Gasteiger partial charge on any atom is -0.393 e. The zero-order valence-corrected chi connectivity index (χ0v) is 11.6. The topological polar surface area (TPSA) is 92.7 Å². The van der Waals surface area contributed by atoms with Gasteiger partial charge in [0.1, 0.15) is 5.69 Å². The number of likely N-dealkylation sites (N-methyl/N-ethyl adjacent to an activating group) is 1. The van der Waals surface area contributed by atoms with Crippen LogP contribution in [-0.4, -0.2) is 53.4 Å². The van der Waals surface area contributed by atoms with Crippen molar-refractivity contribution in [2.24, 2.45) is 0 Å². The highest BCUT2D eigenvalue weighted by Crippen LogP contribution is 2.23. The van der Waals surface area contributed by atoms with Crippen LogP contribution in [0.15, 0.2) is 18.2 Å². The number of anilines is 1. The Hall–Kier alpha value is -2.15. The Kier molecular flexibility index (Phi) is 3.89. The van der Waals surface area contributed by atoms with E-state index in [0.717, 1.165) is 6.54 Å². The summed E-state index contributed by atoms with van der Waals surface area (Å²) in [5, 5.41) is 10.7. The van der Waals surface area contributed by atoms with Gasteiger partial charge in [-0.3, -0.25) is 14.9 Å². The van der Waals surface area contributed by atoms with Crippen LogP contribution in [0.1, 0.15) is 17.3 Å². The molecule has 1 aromatic rings. The van der Waals surface area contributed by atoms with E-state index in [9.17, 15) is 14.9 Å². The summed E-state index contributed by atoms with van der Waals surface area (Å²) in [6.07, 6.45) is 0. The molecule has 0 aromatic heterocycles. The van der Waals surface area contributed by atoms with Gasteiger partial charge in [-0.05, 0) is 26.1 Å². The number of nitrogens with two attached hydrogens (primary N) is 1. The lowest BCUT2D eigenvalue weighted by molar-refractivity contribution is -0.383. The summed E-state index contributed by atoms with van der Waals surface area (Å²) < 4.78 is 0. The Labute approximate surface area is 117 Å². The maximum absolute atomic E-state index is 12.4. The summed E-state index contributed by atoms with van der Waals surface area (Å²) in [6, 6.07) is 4.41. The summed E-state index contributed by atoms with van der Waals surface area (Å²) >= 11 is 0. The molecule has 0 aliphatic carbocycles. The number of nitrogen functional groups attached to an aromatic ring is 1. The summed E-state index contributed by atoms with van der Waals surface area (Å²) in [5.74, 6) is -0.133. The number of carbonyl (C=O) groups is 1. The zero-order chi connectivity index (χ0) is 14.9. The Morgan fingerprint density at radius 2 is 2.15 bits per heavy atom. The highest BCUT2D eigenvalue weighted by molar-refractivity contribution is 5.95. The van der Waals surface area contributed by atoms with Crippen molar-refractivity contribution < 1.29 is 9.72 Å². The molecule has 1 fully saturated rings. The first-order valence-corrected chi connectivity index (χ1v) is 6.43. The number of nitro groups is 1. The minimum atomic E-state index is -0.554. The van der Waals surface area contributed by atoms with Crippen LogP contribution in [0.3, 0.4) is 0 Å². The predicted molar refractivity (Wildman–Crippen MR) is 75.5 cm³/mol. The third-order valence-electron chi connectivity index (χ3n) is 3.72. The first-order valence-electron chi connectivity index (χ1n) is 6.43. The Balaban J connectivity index is 2.17. The van der Waals surface area contributed by atoms with E-state index in [1.54, 1.807) is 4.90 Å². The van der Waals surface area contributed by atoms with Gasteiger partial charge in [-0.15, -0.1) is 0 Å². The number of rotatable bonds is 2. The lowest BCUT2D eigenvalue weighted by Gasteiger charge is -2.37. The number of nitro benzene ring substituents is 1. The Morgan fingerprint density at radius 3 is 2.70 bits per heavy atom. The van der Waals surface area contributed by atoms with Gasteiger partial charge < -0.3 is 15.5 Å². The van der Waals surface area contributed by atoms with Gasteiger partial charge >= 0.3 is 0 Å². The first-order chi connectivity index (χ1) is 9.40. The van der Waals surface area contributed by atoms with E-state index in [-0.39, 0.29) is 17.3 Å². The fourth-order valence-electron chi connectivity index (χ4n) is 2.27. The standard InChI is InChI=1S/C13H18N4O3/c1-9-8-16(6-5-15(9)2)13(18)10-3-4-12(17(19)20)11(14)7-10/h3-4,7,9H,5-6,8,14H2,1-2H3. The fraction of sp³-hybridized carbons (Fsp3) is 0.462. The molecule has 7 heteroatoms. The largest absolute Gasteiger partial charge is 0.393 e. The molecule has 1 aliphatic heterocycles. The van der Waals surface area contributed by atoms with Crippen LogP contribution in [0.5, 0.6) is 0 Å². The molecule has 0 radical (unpaired) electrons. The fourth-order valence-corrected chi connectivity index (χ4v) is 2.27. The van der Waals surface area contributed by atoms with Crippen molar-refractivity contribution in [3.8, 4) is 0 Å². The summed E-state index contributed by atoms with van der Waals surface area (Å²) in [5.41, 5.74) is 5.86. The molecule has 0 spiro atoms. The lowest BCUT2D eigenvalue weighted by Crippen LogP contribution is -2.52. The van der Waals surface area contributed by atoms with Gasteiger partial charge in [0.25, 0.3) is 11.6 Å². The molecule has 1 saturated heterocycles. The molecule has 1 unspecified atom stereocenters. The van der Waals surface area contributed by atoms with Gasteiger partial charge in [0.15, 0.2) is 0 Å². The molecule has 2 N–H and O–H groups in total. The number of piperazine rings is 1. The number of nitrogens with zero attached hydrogens (tertiary/aromatic N) is 3. The number of benzene rings is 1. The molecule has 0 bridgehead atoms. The Morgan fingerprint density at radius 1 is 1.45 bits per heavy atom. The minimum absolute atomic E-state index is 0.0167. The van der Waals surface area contributed by atoms with Crippen LogP contribution in [0.2, 0.25) is 0 Å². The van der Waals surface area contributed by atoms with Crippen LogP contribution < -0.4 is 5.73 Å². The van der Waals surface area contributed by atoms with Crippen molar-refractivity contribution >= 4 is 17.3 Å². The first kappa shape index (κ1) is 14.3. The molecule has 108 valence electrons. The van der Waals surface area contributed by atoms with Gasteiger partial charge in [-0.1, -0.05) is 0 Å². The molecule has 20 heavy (non-hydrogen) atoms. The number of amides is 1. The van der Waals surface area contributed by atoms with Crippen molar-refractivity contribution in [1.29, 1.82) is 0 Å². The quantitative estimate of drug-likeness (QED) is 0.494. The Bertz CT molecular complexity index is 546. The van der Waals surface area contributed by atoms with E-state index in [4.69, 9.17) is 5.73 Å². The average Bonchev–Trinajstić information content (AvgIpc) is 2.40. The van der Waals surface area contributed by atoms with Crippen LogP contribution in [0.25, 0.3) is 0 Å². The van der Waals surface area contributed by atoms with Gasteiger partial charge in [0.2, 0.25) is 0 Å². The molecule has 1 aromatic carbocycles. The van der Waals surface area contributed by atoms with E-state index in [1.165, 1.54) is 18.2 Å². The van der Waals surface area contributed by atoms with Gasteiger partial charge in [-0.25, -0.2) is 0 Å². The van der Waals surface area contributed by atoms with Crippen LogP contribution >= 0.6 is 0 Å². The summed E-state index contributed by atoms with van der Waals surface area (Å²) in [6.45, 7) is 4.17. The SMILES string of the molecule is CC1CN(C(=O)c2ccc([N+](=O)[O-])c(N)c2)CCN1C. The number of hydrogen-bond acceptors (Lipinski definition) is 5. The van der Waals surface area contributed by atoms with Crippen LogP contribution in [-0.2, 0) is 0 Å². The van der Waals surface area contributed by atoms with Crippen molar-refractivity contribution in [2.45, 2.75) is 13.0 Å². The van der Waals surface area contributed by atoms with Crippen molar-refractivity contribution in [2.75, 3.05) is 32.4 Å². The zero-order valence-electron chi connectivity index (χ0n) is 11.6. The normalized spacial score (nSPS) is 19.9. The van der Waals surface area contributed by atoms with E-state index in [2.05, 4.69) is 11.8 Å². The van der Waals surface area contributed by atoms with Gasteiger partial charge in [0.05, 0.1) is 4.92 Å². The van der Waals surface area contributed by atoms with E-state index >= 15 is 0 Å². The number of hydrogen-bond donors (Lipinski definition) is 1. The second-order valence-corrected chi connectivity index (χ2v) is 5.11. The maximum atomic E-state index is 12.4. The van der Waals surface area contributed by atoms with Gasteiger partial charge in [0, 0.05) is 37.3 Å². The van der Waals surface area contributed by atoms with E-state index in [0.29, 0.717) is 24.7 Å². The molecule has 1 heterocycles. The molecule has 1 atom stereocenters. The highest BCUT2D eigenvalue weighted by Gasteiger charge is 2.26. The molecule has 1 aliphatic rings. The third kappa shape index (κ3) is 2.72.